The molecule has 1 aromatic rings. The minimum atomic E-state index is 0.206. The molecule has 4 nitrogen and oxygen atoms in total. The number of hydrogen-bond donors (Lipinski definition) is 2. The van der Waals surface area contributed by atoms with Crippen LogP contribution in [0.2, 0.25) is 0 Å². The van der Waals surface area contributed by atoms with Crippen molar-refractivity contribution in [2.75, 3.05) is 5.43 Å². The van der Waals surface area contributed by atoms with Crippen molar-refractivity contribution in [3.63, 3.8) is 0 Å². The highest BCUT2D eigenvalue weighted by atomic mass is 15.3. The highest BCUT2D eigenvalue weighted by Crippen LogP contribution is 2.46. The lowest BCUT2D eigenvalue weighted by molar-refractivity contribution is 0.704. The van der Waals surface area contributed by atoms with Gasteiger partial charge in [-0.2, -0.15) is 0 Å². The fourth-order valence-electron chi connectivity index (χ4n) is 1.32. The van der Waals surface area contributed by atoms with Gasteiger partial charge in [0, 0.05) is 17.2 Å². The zero-order chi connectivity index (χ0) is 9.47. The van der Waals surface area contributed by atoms with Crippen molar-refractivity contribution in [1.29, 1.82) is 0 Å². The second kappa shape index (κ2) is 2.67. The normalized spacial score (nSPS) is 18.4. The summed E-state index contributed by atoms with van der Waals surface area (Å²) in [6.07, 6.45) is 2.36. The number of nitrogens with one attached hydrogen (secondary N) is 1. The largest absolute Gasteiger partial charge is 0.308 e. The molecule has 1 aliphatic rings. The molecule has 4 heteroatoms. The Morgan fingerprint density at radius 1 is 1.46 bits per heavy atom. The van der Waals surface area contributed by atoms with Gasteiger partial charge in [0.25, 0.3) is 0 Å². The van der Waals surface area contributed by atoms with E-state index in [1.807, 2.05) is 13.0 Å². The van der Waals surface area contributed by atoms with E-state index < -0.39 is 0 Å². The first-order chi connectivity index (χ1) is 6.14. The Bertz CT molecular complexity index is 330. The van der Waals surface area contributed by atoms with Crippen molar-refractivity contribution in [2.45, 2.75) is 32.1 Å². The lowest BCUT2D eigenvalue weighted by atomic mass is 10.1. The molecule has 1 aliphatic carbocycles. The second-order valence-electron chi connectivity index (χ2n) is 3.92. The SMILES string of the molecule is Cc1cc(NN)nc(C2(C)CC2)n1. The summed E-state index contributed by atoms with van der Waals surface area (Å²) in [7, 11) is 0. The van der Waals surface area contributed by atoms with E-state index in [4.69, 9.17) is 5.84 Å². The summed E-state index contributed by atoms with van der Waals surface area (Å²) in [5.74, 6) is 6.93. The maximum atomic E-state index is 5.31. The summed E-state index contributed by atoms with van der Waals surface area (Å²) in [4.78, 5) is 8.75. The van der Waals surface area contributed by atoms with E-state index in [0.29, 0.717) is 5.82 Å². The average molecular weight is 178 g/mol. The van der Waals surface area contributed by atoms with E-state index in [0.717, 1.165) is 11.5 Å². The minimum Gasteiger partial charge on any atom is -0.308 e. The van der Waals surface area contributed by atoms with Crippen LogP contribution in [0.15, 0.2) is 6.07 Å². The first-order valence-electron chi connectivity index (χ1n) is 4.47. The van der Waals surface area contributed by atoms with Crippen molar-refractivity contribution in [1.82, 2.24) is 9.97 Å². The van der Waals surface area contributed by atoms with Gasteiger partial charge in [0.2, 0.25) is 0 Å². The van der Waals surface area contributed by atoms with Crippen LogP contribution in [0.4, 0.5) is 5.82 Å². The molecule has 1 heterocycles. The van der Waals surface area contributed by atoms with Gasteiger partial charge in [-0.25, -0.2) is 15.8 Å². The molecule has 0 amide bonds. The van der Waals surface area contributed by atoms with Crippen molar-refractivity contribution in [3.05, 3.63) is 17.6 Å². The Morgan fingerprint density at radius 2 is 2.15 bits per heavy atom. The lowest BCUT2D eigenvalue weighted by Gasteiger charge is -2.09. The lowest BCUT2D eigenvalue weighted by Crippen LogP contribution is -2.14. The molecule has 13 heavy (non-hydrogen) atoms. The smallest absolute Gasteiger partial charge is 0.143 e. The van der Waals surface area contributed by atoms with Gasteiger partial charge < -0.3 is 5.43 Å². The van der Waals surface area contributed by atoms with E-state index in [2.05, 4.69) is 22.3 Å². The van der Waals surface area contributed by atoms with E-state index >= 15 is 0 Å². The molecular weight excluding hydrogens is 164 g/mol. The summed E-state index contributed by atoms with van der Waals surface area (Å²) in [6.45, 7) is 4.14. The predicted molar refractivity (Wildman–Crippen MR) is 51.2 cm³/mol. The monoisotopic (exact) mass is 178 g/mol. The van der Waals surface area contributed by atoms with E-state index in [1.54, 1.807) is 0 Å². The van der Waals surface area contributed by atoms with Crippen LogP contribution in [0.3, 0.4) is 0 Å². The van der Waals surface area contributed by atoms with Gasteiger partial charge in [0.1, 0.15) is 11.6 Å². The third-order valence-corrected chi connectivity index (χ3v) is 2.54. The third-order valence-electron chi connectivity index (χ3n) is 2.54. The molecule has 0 aromatic carbocycles. The number of nitrogens with zero attached hydrogens (tertiary/aromatic N) is 2. The quantitative estimate of drug-likeness (QED) is 0.526. The molecule has 2 rings (SSSR count). The molecule has 0 atom stereocenters. The first kappa shape index (κ1) is 8.44. The van der Waals surface area contributed by atoms with Gasteiger partial charge in [-0.15, -0.1) is 0 Å². The number of rotatable bonds is 2. The van der Waals surface area contributed by atoms with Gasteiger partial charge >= 0.3 is 0 Å². The molecule has 1 fully saturated rings. The van der Waals surface area contributed by atoms with Crippen LogP contribution in [-0.4, -0.2) is 9.97 Å². The summed E-state index contributed by atoms with van der Waals surface area (Å²) in [5.41, 5.74) is 3.73. The van der Waals surface area contributed by atoms with Crippen LogP contribution < -0.4 is 11.3 Å². The van der Waals surface area contributed by atoms with Crippen molar-refractivity contribution < 1.29 is 0 Å². The molecule has 0 unspecified atom stereocenters. The van der Waals surface area contributed by atoms with Gasteiger partial charge in [0.15, 0.2) is 0 Å². The highest BCUT2D eigenvalue weighted by Gasteiger charge is 2.42. The number of nitrogens with two attached hydrogens (primary N) is 1. The molecule has 0 spiro atoms. The van der Waals surface area contributed by atoms with Crippen LogP contribution in [0.5, 0.6) is 0 Å². The Kier molecular flexibility index (Phi) is 1.73. The number of hydrogen-bond acceptors (Lipinski definition) is 4. The van der Waals surface area contributed by atoms with Gasteiger partial charge in [-0.3, -0.25) is 0 Å². The molecule has 0 radical (unpaired) electrons. The Balaban J connectivity index is 2.40. The maximum absolute atomic E-state index is 5.31. The zero-order valence-corrected chi connectivity index (χ0v) is 7.96. The first-order valence-corrected chi connectivity index (χ1v) is 4.47. The van der Waals surface area contributed by atoms with Crippen molar-refractivity contribution >= 4 is 5.82 Å². The van der Waals surface area contributed by atoms with E-state index in [1.165, 1.54) is 12.8 Å². The van der Waals surface area contributed by atoms with Crippen LogP contribution in [0.1, 0.15) is 31.3 Å². The fraction of sp³-hybridized carbons (Fsp3) is 0.556. The van der Waals surface area contributed by atoms with Crippen LogP contribution >= 0.6 is 0 Å². The third kappa shape index (κ3) is 1.49. The molecule has 0 bridgehead atoms. The molecular formula is C9H14N4. The summed E-state index contributed by atoms with van der Waals surface area (Å²) in [5, 5.41) is 0. The average Bonchev–Trinajstić information content (AvgIpc) is 2.84. The molecule has 1 aromatic heterocycles. The fourth-order valence-corrected chi connectivity index (χ4v) is 1.32. The number of aromatic nitrogens is 2. The number of aryl methyl sites for hydroxylation is 1. The maximum Gasteiger partial charge on any atom is 0.143 e. The number of hydrazine groups is 1. The predicted octanol–water partition coefficient (Wildman–Crippen LogP) is 1.12. The van der Waals surface area contributed by atoms with Crippen LogP contribution in [-0.2, 0) is 5.41 Å². The zero-order valence-electron chi connectivity index (χ0n) is 7.96. The second-order valence-corrected chi connectivity index (χ2v) is 3.92. The highest BCUT2D eigenvalue weighted by molar-refractivity contribution is 5.36. The topological polar surface area (TPSA) is 63.8 Å². The Hall–Kier alpha value is -1.16. The molecule has 3 N–H and O–H groups in total. The van der Waals surface area contributed by atoms with Gasteiger partial charge in [0.05, 0.1) is 0 Å². The van der Waals surface area contributed by atoms with Gasteiger partial charge in [-0.05, 0) is 19.8 Å². The molecule has 70 valence electrons. The molecule has 0 saturated heterocycles. The molecule has 0 aliphatic heterocycles. The summed E-state index contributed by atoms with van der Waals surface area (Å²) < 4.78 is 0. The van der Waals surface area contributed by atoms with Crippen molar-refractivity contribution in [3.8, 4) is 0 Å². The van der Waals surface area contributed by atoms with Crippen molar-refractivity contribution in [2.24, 2.45) is 5.84 Å². The number of nitrogen functional groups attached to an aromatic ring is 1. The minimum absolute atomic E-state index is 0.206. The molecule has 1 saturated carbocycles. The van der Waals surface area contributed by atoms with Crippen LogP contribution in [0, 0.1) is 6.92 Å². The number of anilines is 1. The summed E-state index contributed by atoms with van der Waals surface area (Å²) in [6, 6.07) is 1.84. The summed E-state index contributed by atoms with van der Waals surface area (Å²) >= 11 is 0. The van der Waals surface area contributed by atoms with Gasteiger partial charge in [-0.1, -0.05) is 6.92 Å². The van der Waals surface area contributed by atoms with Crippen LogP contribution in [0.25, 0.3) is 0 Å². The van der Waals surface area contributed by atoms with E-state index in [-0.39, 0.29) is 5.41 Å². The van der Waals surface area contributed by atoms with E-state index in [9.17, 15) is 0 Å². The Labute approximate surface area is 77.5 Å². The Morgan fingerprint density at radius 3 is 2.69 bits per heavy atom. The standard InChI is InChI=1S/C9H14N4/c1-6-5-7(13-10)12-8(11-6)9(2)3-4-9/h5H,3-4,10H2,1-2H3,(H,11,12,13).